The van der Waals surface area contributed by atoms with Crippen LogP contribution in [0.15, 0.2) is 17.5 Å². The maximum Gasteiger partial charge on any atom is 0.303 e. The summed E-state index contributed by atoms with van der Waals surface area (Å²) in [6, 6.07) is 4.91. The fourth-order valence-corrected chi connectivity index (χ4v) is 3.38. The van der Waals surface area contributed by atoms with Gasteiger partial charge in [0.25, 0.3) is 0 Å². The number of carboxylic acid groups (broad SMARTS) is 1. The van der Waals surface area contributed by atoms with E-state index in [1.165, 1.54) is 17.7 Å². The Labute approximate surface area is 106 Å². The maximum absolute atomic E-state index is 10.4. The van der Waals surface area contributed by atoms with Gasteiger partial charge in [0.1, 0.15) is 0 Å². The molecule has 4 heteroatoms. The van der Waals surface area contributed by atoms with E-state index in [1.54, 1.807) is 0 Å². The average Bonchev–Trinajstić information content (AvgIpc) is 2.94. The van der Waals surface area contributed by atoms with Crippen LogP contribution in [0.25, 0.3) is 0 Å². The summed E-state index contributed by atoms with van der Waals surface area (Å²) in [5, 5.41) is 10.7. The molecule has 1 atom stereocenters. The molecule has 0 aromatic carbocycles. The van der Waals surface area contributed by atoms with Crippen molar-refractivity contribution in [3.8, 4) is 0 Å². The van der Waals surface area contributed by atoms with Crippen LogP contribution >= 0.6 is 11.3 Å². The van der Waals surface area contributed by atoms with Crippen LogP contribution in [0.2, 0.25) is 0 Å². The lowest BCUT2D eigenvalue weighted by atomic mass is 10.1. The highest BCUT2D eigenvalue weighted by Crippen LogP contribution is 2.34. The van der Waals surface area contributed by atoms with Gasteiger partial charge in [-0.2, -0.15) is 0 Å². The van der Waals surface area contributed by atoms with Gasteiger partial charge < -0.3 is 5.11 Å². The van der Waals surface area contributed by atoms with Crippen LogP contribution < -0.4 is 0 Å². The third kappa shape index (κ3) is 3.54. The highest BCUT2D eigenvalue weighted by atomic mass is 32.1. The number of hydrogen-bond acceptors (Lipinski definition) is 3. The van der Waals surface area contributed by atoms with E-state index >= 15 is 0 Å². The summed E-state index contributed by atoms with van der Waals surface area (Å²) in [5.74, 6) is -0.679. The Hall–Kier alpha value is -0.870. The van der Waals surface area contributed by atoms with Crippen LogP contribution in [0.4, 0.5) is 0 Å². The molecule has 1 aromatic rings. The number of likely N-dealkylation sites (tertiary alicyclic amines) is 1. The highest BCUT2D eigenvalue weighted by Gasteiger charge is 2.25. The number of carbonyl (C=O) groups is 1. The molecule has 1 fully saturated rings. The quantitative estimate of drug-likeness (QED) is 0.792. The van der Waals surface area contributed by atoms with E-state index in [0.29, 0.717) is 12.5 Å². The third-order valence-electron chi connectivity index (χ3n) is 3.32. The van der Waals surface area contributed by atoms with Crippen LogP contribution in [0, 0.1) is 0 Å². The molecule has 0 bridgehead atoms. The van der Waals surface area contributed by atoms with Gasteiger partial charge in [-0.3, -0.25) is 9.69 Å². The van der Waals surface area contributed by atoms with Gasteiger partial charge in [-0.05, 0) is 50.2 Å². The zero-order chi connectivity index (χ0) is 12.1. The van der Waals surface area contributed by atoms with Gasteiger partial charge in [0.15, 0.2) is 0 Å². The number of nitrogens with zero attached hydrogens (tertiary/aromatic N) is 1. The second-order valence-electron chi connectivity index (χ2n) is 4.56. The van der Waals surface area contributed by atoms with Gasteiger partial charge in [0.2, 0.25) is 0 Å². The Bertz CT molecular complexity index is 350. The Morgan fingerprint density at radius 3 is 3.12 bits per heavy atom. The first kappa shape index (κ1) is 12.6. The van der Waals surface area contributed by atoms with E-state index in [2.05, 4.69) is 22.4 Å². The van der Waals surface area contributed by atoms with Gasteiger partial charge in [-0.1, -0.05) is 6.07 Å². The molecule has 1 saturated heterocycles. The van der Waals surface area contributed by atoms with Crippen molar-refractivity contribution in [2.45, 2.75) is 38.1 Å². The van der Waals surface area contributed by atoms with Crippen molar-refractivity contribution in [3.05, 3.63) is 22.4 Å². The second-order valence-corrected chi connectivity index (χ2v) is 5.54. The summed E-state index contributed by atoms with van der Waals surface area (Å²) < 4.78 is 0. The standard InChI is InChI=1S/C13H19NO2S/c15-13(16)7-1-2-8-14-9-3-5-11(14)12-6-4-10-17-12/h4,6,10-11H,1-3,5,7-9H2,(H,15,16). The van der Waals surface area contributed by atoms with Crippen LogP contribution in [-0.4, -0.2) is 29.1 Å². The fraction of sp³-hybridized carbons (Fsp3) is 0.615. The van der Waals surface area contributed by atoms with Gasteiger partial charge >= 0.3 is 5.97 Å². The first-order valence-electron chi connectivity index (χ1n) is 6.26. The number of aliphatic carboxylic acids is 1. The molecule has 0 spiro atoms. The first-order valence-corrected chi connectivity index (χ1v) is 7.14. The normalized spacial score (nSPS) is 20.8. The van der Waals surface area contributed by atoms with Crippen molar-refractivity contribution < 1.29 is 9.90 Å². The van der Waals surface area contributed by atoms with Crippen LogP contribution in [0.3, 0.4) is 0 Å². The third-order valence-corrected chi connectivity index (χ3v) is 4.29. The largest absolute Gasteiger partial charge is 0.481 e. The molecular formula is C13H19NO2S. The van der Waals surface area contributed by atoms with Gasteiger partial charge in [0, 0.05) is 17.3 Å². The number of thiophene rings is 1. The Morgan fingerprint density at radius 1 is 1.53 bits per heavy atom. The average molecular weight is 253 g/mol. The van der Waals surface area contributed by atoms with Crippen molar-refractivity contribution >= 4 is 17.3 Å². The first-order chi connectivity index (χ1) is 8.27. The SMILES string of the molecule is O=C(O)CCCCN1CCCC1c1cccs1. The summed E-state index contributed by atoms with van der Waals surface area (Å²) in [6.07, 6.45) is 4.61. The van der Waals surface area contributed by atoms with Gasteiger partial charge in [-0.25, -0.2) is 0 Å². The molecular weight excluding hydrogens is 234 g/mol. The smallest absolute Gasteiger partial charge is 0.303 e. The minimum atomic E-state index is -0.679. The molecule has 0 saturated carbocycles. The van der Waals surface area contributed by atoms with Crippen LogP contribution in [-0.2, 0) is 4.79 Å². The number of carboxylic acids is 1. The van der Waals surface area contributed by atoms with Crippen molar-refractivity contribution in [1.29, 1.82) is 0 Å². The predicted molar refractivity (Wildman–Crippen MR) is 69.4 cm³/mol. The summed E-state index contributed by atoms with van der Waals surface area (Å²) in [5.41, 5.74) is 0. The topological polar surface area (TPSA) is 40.5 Å². The van der Waals surface area contributed by atoms with E-state index in [9.17, 15) is 4.79 Å². The minimum absolute atomic E-state index is 0.303. The molecule has 0 amide bonds. The zero-order valence-corrected chi connectivity index (χ0v) is 10.8. The van der Waals surface area contributed by atoms with Gasteiger partial charge in [0.05, 0.1) is 0 Å². The second kappa shape index (κ2) is 6.17. The molecule has 0 radical (unpaired) electrons. The van der Waals surface area contributed by atoms with Crippen molar-refractivity contribution in [2.75, 3.05) is 13.1 Å². The summed E-state index contributed by atoms with van der Waals surface area (Å²) in [7, 11) is 0. The molecule has 2 heterocycles. The minimum Gasteiger partial charge on any atom is -0.481 e. The monoisotopic (exact) mass is 253 g/mol. The van der Waals surface area contributed by atoms with Crippen molar-refractivity contribution in [3.63, 3.8) is 0 Å². The molecule has 94 valence electrons. The molecule has 0 aliphatic carbocycles. The van der Waals surface area contributed by atoms with E-state index in [1.807, 2.05) is 11.3 Å². The summed E-state index contributed by atoms with van der Waals surface area (Å²) in [6.45, 7) is 2.20. The predicted octanol–water partition coefficient (Wildman–Crippen LogP) is 3.14. The Morgan fingerprint density at radius 2 is 2.41 bits per heavy atom. The molecule has 1 N–H and O–H groups in total. The van der Waals surface area contributed by atoms with E-state index in [0.717, 1.165) is 25.9 Å². The van der Waals surface area contributed by atoms with Crippen molar-refractivity contribution in [1.82, 2.24) is 4.90 Å². The van der Waals surface area contributed by atoms with Crippen LogP contribution in [0.5, 0.6) is 0 Å². The lowest BCUT2D eigenvalue weighted by molar-refractivity contribution is -0.137. The molecule has 1 aromatic heterocycles. The van der Waals surface area contributed by atoms with Gasteiger partial charge in [-0.15, -0.1) is 11.3 Å². The number of rotatable bonds is 6. The number of unbranched alkanes of at least 4 members (excludes halogenated alkanes) is 1. The molecule has 3 nitrogen and oxygen atoms in total. The van der Waals surface area contributed by atoms with Crippen LogP contribution in [0.1, 0.15) is 43.0 Å². The molecule has 2 rings (SSSR count). The molecule has 1 unspecified atom stereocenters. The summed E-state index contributed by atoms with van der Waals surface area (Å²) >= 11 is 1.83. The maximum atomic E-state index is 10.4. The Kier molecular flexibility index (Phi) is 4.57. The number of hydrogen-bond donors (Lipinski definition) is 1. The van der Waals surface area contributed by atoms with Crippen molar-refractivity contribution in [2.24, 2.45) is 0 Å². The molecule has 1 aliphatic rings. The molecule has 1 aliphatic heterocycles. The lowest BCUT2D eigenvalue weighted by Gasteiger charge is -2.23. The Balaban J connectivity index is 1.78. The lowest BCUT2D eigenvalue weighted by Crippen LogP contribution is -2.23. The summed E-state index contributed by atoms with van der Waals surface area (Å²) in [4.78, 5) is 14.4. The fourth-order valence-electron chi connectivity index (χ4n) is 2.49. The molecule has 17 heavy (non-hydrogen) atoms. The van der Waals surface area contributed by atoms with E-state index in [-0.39, 0.29) is 0 Å². The van der Waals surface area contributed by atoms with E-state index < -0.39 is 5.97 Å². The van der Waals surface area contributed by atoms with E-state index in [4.69, 9.17) is 5.11 Å². The zero-order valence-electron chi connectivity index (χ0n) is 9.97. The highest BCUT2D eigenvalue weighted by molar-refractivity contribution is 7.10.